The number of rotatable bonds is 4. The Kier molecular flexibility index (Phi) is 7.91. The van der Waals surface area contributed by atoms with Crippen LogP contribution in [0.15, 0.2) is 65.7 Å². The third-order valence-corrected chi connectivity index (χ3v) is 7.02. The summed E-state index contributed by atoms with van der Waals surface area (Å²) >= 11 is 0. The molecule has 2 aromatic carbocycles. The number of aliphatic carboxylic acids is 1. The van der Waals surface area contributed by atoms with Gasteiger partial charge in [0, 0.05) is 18.1 Å². The van der Waals surface area contributed by atoms with Crippen LogP contribution in [0.25, 0.3) is 10.9 Å². The van der Waals surface area contributed by atoms with Crippen molar-refractivity contribution in [2.45, 2.75) is 36.1 Å². The standard InChI is InChI=1S/C21H16F3N3O4S.C2HF3O2/c1-13-19(28)27(15-6-8-16(9-7-15)32(30,31)21(22,23)24)20(29)26(13)12-14-10-11-25-18-5-3-2-4-17(14)18;3-2(4,5)1(6)7/h2-11,13H,12H2,1H3;(H,6,7)/t13-;/m0./s1. The first-order valence-electron chi connectivity index (χ1n) is 10.7. The van der Waals surface area contributed by atoms with Gasteiger partial charge in [-0.25, -0.2) is 22.9 Å². The molecular weight excluding hydrogens is 560 g/mol. The molecular formula is C23H17F6N3O6S. The molecule has 0 saturated carbocycles. The number of amides is 3. The fourth-order valence-electron chi connectivity index (χ4n) is 3.54. The second-order valence-corrected chi connectivity index (χ2v) is 9.93. The van der Waals surface area contributed by atoms with Crippen LogP contribution >= 0.6 is 0 Å². The van der Waals surface area contributed by atoms with Crippen LogP contribution in [-0.4, -0.2) is 59.0 Å². The number of hydrogen-bond acceptors (Lipinski definition) is 6. The lowest BCUT2D eigenvalue weighted by molar-refractivity contribution is -0.192. The number of hydrogen-bond donors (Lipinski definition) is 1. The highest BCUT2D eigenvalue weighted by Crippen LogP contribution is 2.33. The Labute approximate surface area is 216 Å². The molecule has 0 spiro atoms. The van der Waals surface area contributed by atoms with Crippen molar-refractivity contribution in [3.05, 3.63) is 66.4 Å². The minimum atomic E-state index is -5.53. The van der Waals surface area contributed by atoms with Crippen LogP contribution in [0.3, 0.4) is 0 Å². The van der Waals surface area contributed by atoms with Gasteiger partial charge in [-0.15, -0.1) is 0 Å². The predicted molar refractivity (Wildman–Crippen MR) is 123 cm³/mol. The number of pyridine rings is 1. The maximum Gasteiger partial charge on any atom is 0.501 e. The molecule has 2 heterocycles. The van der Waals surface area contributed by atoms with Gasteiger partial charge in [0.25, 0.3) is 15.7 Å². The molecule has 0 radical (unpaired) electrons. The summed E-state index contributed by atoms with van der Waals surface area (Å²) in [6.45, 7) is 1.66. The van der Waals surface area contributed by atoms with Crippen molar-refractivity contribution in [1.29, 1.82) is 0 Å². The number of carbonyl (C=O) groups is 3. The van der Waals surface area contributed by atoms with E-state index < -0.39 is 50.4 Å². The molecule has 39 heavy (non-hydrogen) atoms. The summed E-state index contributed by atoms with van der Waals surface area (Å²) < 4.78 is 93.1. The van der Waals surface area contributed by atoms with E-state index in [0.717, 1.165) is 45.6 Å². The topological polar surface area (TPSA) is 125 Å². The number of benzene rings is 2. The SMILES string of the molecule is C[C@H]1C(=O)N(c2ccc(S(=O)(=O)C(F)(F)F)cc2)C(=O)N1Cc1ccnc2ccccc12.O=C(O)C(F)(F)F. The summed E-state index contributed by atoms with van der Waals surface area (Å²) in [6, 6.07) is 11.1. The molecule has 1 aliphatic heterocycles. The number of halogens is 6. The van der Waals surface area contributed by atoms with Gasteiger partial charge >= 0.3 is 23.7 Å². The van der Waals surface area contributed by atoms with Gasteiger partial charge in [-0.2, -0.15) is 26.3 Å². The normalized spacial score (nSPS) is 16.3. The average molecular weight is 577 g/mol. The number of para-hydroxylation sites is 1. The van der Waals surface area contributed by atoms with Crippen LogP contribution in [0.2, 0.25) is 0 Å². The number of anilines is 1. The Morgan fingerprint density at radius 1 is 0.974 bits per heavy atom. The van der Waals surface area contributed by atoms with Crippen LogP contribution in [0, 0.1) is 0 Å². The molecule has 0 bridgehead atoms. The molecule has 1 fully saturated rings. The summed E-state index contributed by atoms with van der Waals surface area (Å²) in [5.74, 6) is -3.33. The molecule has 4 rings (SSSR count). The molecule has 1 aromatic heterocycles. The molecule has 1 N–H and O–H groups in total. The number of fused-ring (bicyclic) bond motifs is 1. The molecule has 1 atom stereocenters. The number of sulfone groups is 1. The summed E-state index contributed by atoms with van der Waals surface area (Å²) in [7, 11) is -5.53. The van der Waals surface area contributed by atoms with E-state index in [9.17, 15) is 44.3 Å². The summed E-state index contributed by atoms with van der Waals surface area (Å²) in [4.78, 5) is 40.2. The van der Waals surface area contributed by atoms with Crippen LogP contribution in [0.1, 0.15) is 12.5 Å². The Bertz CT molecular complexity index is 1520. The van der Waals surface area contributed by atoms with E-state index in [4.69, 9.17) is 9.90 Å². The zero-order chi connectivity index (χ0) is 29.3. The number of alkyl halides is 6. The number of carboxylic acid groups (broad SMARTS) is 1. The van der Waals surface area contributed by atoms with Gasteiger partial charge < -0.3 is 10.0 Å². The Hall–Kier alpha value is -4.21. The zero-order valence-electron chi connectivity index (χ0n) is 19.6. The molecule has 208 valence electrons. The number of nitrogens with zero attached hydrogens (tertiary/aromatic N) is 3. The number of carboxylic acids is 1. The molecule has 1 saturated heterocycles. The second-order valence-electron chi connectivity index (χ2n) is 7.99. The van der Waals surface area contributed by atoms with E-state index in [0.29, 0.717) is 0 Å². The van der Waals surface area contributed by atoms with E-state index in [2.05, 4.69) is 4.98 Å². The third kappa shape index (κ3) is 5.94. The van der Waals surface area contributed by atoms with Gasteiger partial charge in [0.2, 0.25) is 0 Å². The van der Waals surface area contributed by atoms with Crippen molar-refractivity contribution in [3.63, 3.8) is 0 Å². The smallest absolute Gasteiger partial charge is 0.475 e. The Morgan fingerprint density at radius 2 is 1.54 bits per heavy atom. The first kappa shape index (κ1) is 29.3. The number of urea groups is 1. The van der Waals surface area contributed by atoms with Gasteiger partial charge in [0.15, 0.2) is 0 Å². The summed E-state index contributed by atoms with van der Waals surface area (Å²) in [5.41, 5.74) is -3.96. The number of carbonyl (C=O) groups excluding carboxylic acids is 2. The maximum absolute atomic E-state index is 13.0. The van der Waals surface area contributed by atoms with Crippen LogP contribution in [0.4, 0.5) is 36.8 Å². The van der Waals surface area contributed by atoms with Crippen molar-refractivity contribution in [2.75, 3.05) is 4.90 Å². The van der Waals surface area contributed by atoms with Gasteiger partial charge in [-0.3, -0.25) is 9.78 Å². The van der Waals surface area contributed by atoms with Crippen LogP contribution in [0.5, 0.6) is 0 Å². The van der Waals surface area contributed by atoms with Crippen LogP contribution < -0.4 is 4.90 Å². The van der Waals surface area contributed by atoms with Crippen LogP contribution in [-0.2, 0) is 26.0 Å². The molecule has 0 aliphatic carbocycles. The van der Waals surface area contributed by atoms with E-state index >= 15 is 0 Å². The summed E-state index contributed by atoms with van der Waals surface area (Å²) in [6.07, 6.45) is -3.48. The van der Waals surface area contributed by atoms with Gasteiger partial charge in [-0.05, 0) is 48.9 Å². The quantitative estimate of drug-likeness (QED) is 0.357. The zero-order valence-corrected chi connectivity index (χ0v) is 20.4. The predicted octanol–water partition coefficient (Wildman–Crippen LogP) is 4.52. The third-order valence-electron chi connectivity index (χ3n) is 5.51. The van der Waals surface area contributed by atoms with E-state index in [1.165, 1.54) is 4.90 Å². The fraction of sp³-hybridized carbons (Fsp3) is 0.217. The monoisotopic (exact) mass is 577 g/mol. The van der Waals surface area contributed by atoms with Crippen molar-refractivity contribution in [3.8, 4) is 0 Å². The van der Waals surface area contributed by atoms with Crippen molar-refractivity contribution in [2.24, 2.45) is 0 Å². The Morgan fingerprint density at radius 3 is 2.08 bits per heavy atom. The van der Waals surface area contributed by atoms with Gasteiger partial charge in [0.1, 0.15) is 6.04 Å². The van der Waals surface area contributed by atoms with Crippen molar-refractivity contribution in [1.82, 2.24) is 9.88 Å². The average Bonchev–Trinajstić information content (AvgIpc) is 3.06. The lowest BCUT2D eigenvalue weighted by Gasteiger charge is -2.20. The largest absolute Gasteiger partial charge is 0.501 e. The first-order valence-corrected chi connectivity index (χ1v) is 12.1. The van der Waals surface area contributed by atoms with Crippen molar-refractivity contribution < 1.29 is 54.3 Å². The van der Waals surface area contributed by atoms with Gasteiger partial charge in [0.05, 0.1) is 16.1 Å². The highest BCUT2D eigenvalue weighted by atomic mass is 32.2. The first-order chi connectivity index (χ1) is 18.0. The Balaban J connectivity index is 0.000000532. The molecule has 3 amide bonds. The lowest BCUT2D eigenvalue weighted by Crippen LogP contribution is -2.33. The highest BCUT2D eigenvalue weighted by Gasteiger charge is 2.47. The molecule has 16 heteroatoms. The fourth-order valence-corrected chi connectivity index (χ4v) is 4.30. The maximum atomic E-state index is 13.0. The lowest BCUT2D eigenvalue weighted by atomic mass is 10.1. The molecule has 9 nitrogen and oxygen atoms in total. The number of imide groups is 1. The van der Waals surface area contributed by atoms with E-state index in [1.807, 2.05) is 24.3 Å². The van der Waals surface area contributed by atoms with E-state index in [-0.39, 0.29) is 12.2 Å². The molecule has 3 aromatic rings. The molecule has 1 aliphatic rings. The van der Waals surface area contributed by atoms with Crippen molar-refractivity contribution >= 4 is 44.3 Å². The molecule has 0 unspecified atom stereocenters. The van der Waals surface area contributed by atoms with E-state index in [1.54, 1.807) is 19.2 Å². The highest BCUT2D eigenvalue weighted by molar-refractivity contribution is 7.92. The minimum Gasteiger partial charge on any atom is -0.475 e. The second kappa shape index (κ2) is 10.5. The minimum absolute atomic E-state index is 0.0185. The van der Waals surface area contributed by atoms with Gasteiger partial charge in [-0.1, -0.05) is 18.2 Å². The number of aromatic nitrogens is 1. The summed E-state index contributed by atoms with van der Waals surface area (Å²) in [5, 5.41) is 7.95.